The van der Waals surface area contributed by atoms with Crippen molar-refractivity contribution in [2.75, 3.05) is 6.61 Å². The zero-order valence-electron chi connectivity index (χ0n) is 13.9. The summed E-state index contributed by atoms with van der Waals surface area (Å²) < 4.78 is 32.4. The summed E-state index contributed by atoms with van der Waals surface area (Å²) in [6, 6.07) is 10.6. The van der Waals surface area contributed by atoms with Gasteiger partial charge in [0.2, 0.25) is 0 Å². The first kappa shape index (κ1) is 18.1. The van der Waals surface area contributed by atoms with Gasteiger partial charge < -0.3 is 4.74 Å². The van der Waals surface area contributed by atoms with Gasteiger partial charge in [0.05, 0.1) is 12.5 Å². The number of amides is 2. The van der Waals surface area contributed by atoms with E-state index in [2.05, 4.69) is 15.8 Å². The molecular weight excluding hydrogens is 358 g/mol. The highest BCUT2D eigenvalue weighted by molar-refractivity contribution is 5.94. The van der Waals surface area contributed by atoms with E-state index in [4.69, 9.17) is 4.74 Å². The largest absolute Gasteiger partial charge is 0.484 e. The lowest BCUT2D eigenvalue weighted by Gasteiger charge is -2.10. The highest BCUT2D eigenvalue weighted by atomic mass is 19.1. The number of halogens is 2. The zero-order valence-corrected chi connectivity index (χ0v) is 13.9. The van der Waals surface area contributed by atoms with Gasteiger partial charge in [-0.15, -0.1) is 0 Å². The van der Waals surface area contributed by atoms with Gasteiger partial charge in [0.15, 0.2) is 6.61 Å². The summed E-state index contributed by atoms with van der Waals surface area (Å²) in [5.41, 5.74) is 5.11. The molecule has 0 aliphatic heterocycles. The van der Waals surface area contributed by atoms with E-state index in [0.29, 0.717) is 11.4 Å². The van der Waals surface area contributed by atoms with Gasteiger partial charge >= 0.3 is 0 Å². The second kappa shape index (κ2) is 8.09. The summed E-state index contributed by atoms with van der Waals surface area (Å²) >= 11 is 0. The lowest BCUT2D eigenvalue weighted by Crippen LogP contribution is -2.44. The Labute approximate surface area is 152 Å². The van der Waals surface area contributed by atoms with Crippen molar-refractivity contribution in [3.05, 3.63) is 78.4 Å². The molecule has 2 amide bonds. The molecule has 138 valence electrons. The van der Waals surface area contributed by atoms with Crippen LogP contribution in [0.25, 0.3) is 5.69 Å². The van der Waals surface area contributed by atoms with Gasteiger partial charge in [-0.25, -0.2) is 13.8 Å². The van der Waals surface area contributed by atoms with Crippen molar-refractivity contribution in [2.45, 2.75) is 0 Å². The molecule has 0 unspecified atom stereocenters. The van der Waals surface area contributed by atoms with E-state index in [1.165, 1.54) is 65.6 Å². The van der Waals surface area contributed by atoms with E-state index in [-0.39, 0.29) is 12.3 Å². The van der Waals surface area contributed by atoms with E-state index < -0.39 is 23.4 Å². The molecule has 0 aliphatic rings. The van der Waals surface area contributed by atoms with Crippen LogP contribution in [0.3, 0.4) is 0 Å². The normalized spacial score (nSPS) is 10.3. The van der Waals surface area contributed by atoms with E-state index in [9.17, 15) is 18.4 Å². The van der Waals surface area contributed by atoms with E-state index in [0.717, 1.165) is 0 Å². The third kappa shape index (κ3) is 4.66. The highest BCUT2D eigenvalue weighted by Crippen LogP contribution is 2.12. The minimum absolute atomic E-state index is 0.140. The molecule has 1 aromatic heterocycles. The second-order valence-electron chi connectivity index (χ2n) is 5.37. The number of hydrogen-bond acceptors (Lipinski definition) is 4. The van der Waals surface area contributed by atoms with Crippen LogP contribution in [0.5, 0.6) is 5.75 Å². The van der Waals surface area contributed by atoms with Crippen LogP contribution in [0.15, 0.2) is 61.1 Å². The molecule has 3 aromatic rings. The molecule has 0 aliphatic carbocycles. The fraction of sp³-hybridized carbons (Fsp3) is 0.0556. The van der Waals surface area contributed by atoms with E-state index >= 15 is 0 Å². The molecule has 9 heteroatoms. The SMILES string of the molecule is O=C(COc1ccc(F)cc1)NNC(=O)c1cncn1-c1ccc(F)cc1. The lowest BCUT2D eigenvalue weighted by molar-refractivity contribution is -0.123. The Balaban J connectivity index is 1.55. The number of carbonyl (C=O) groups is 2. The Morgan fingerprint density at radius 3 is 2.26 bits per heavy atom. The first-order valence-electron chi connectivity index (χ1n) is 7.79. The Morgan fingerprint density at radius 1 is 0.963 bits per heavy atom. The summed E-state index contributed by atoms with van der Waals surface area (Å²) in [4.78, 5) is 27.9. The summed E-state index contributed by atoms with van der Waals surface area (Å²) in [6.45, 7) is -0.372. The van der Waals surface area contributed by atoms with E-state index in [1.807, 2.05) is 0 Å². The van der Waals surface area contributed by atoms with Crippen molar-refractivity contribution in [1.29, 1.82) is 0 Å². The minimum Gasteiger partial charge on any atom is -0.484 e. The molecule has 1 heterocycles. The number of hydrogen-bond donors (Lipinski definition) is 2. The number of imidazole rings is 1. The van der Waals surface area contributed by atoms with Crippen molar-refractivity contribution in [3.63, 3.8) is 0 Å². The molecule has 2 aromatic carbocycles. The summed E-state index contributed by atoms with van der Waals surface area (Å²) in [5.74, 6) is -1.74. The maximum absolute atomic E-state index is 13.0. The number of nitrogens with one attached hydrogen (secondary N) is 2. The minimum atomic E-state index is -0.619. The van der Waals surface area contributed by atoms with Gasteiger partial charge in [-0.05, 0) is 48.5 Å². The van der Waals surface area contributed by atoms with Crippen LogP contribution in [0.2, 0.25) is 0 Å². The van der Waals surface area contributed by atoms with Crippen LogP contribution in [0.4, 0.5) is 8.78 Å². The van der Waals surface area contributed by atoms with Crippen molar-refractivity contribution < 1.29 is 23.1 Å². The Bertz CT molecular complexity index is 940. The summed E-state index contributed by atoms with van der Waals surface area (Å²) in [5, 5.41) is 0. The van der Waals surface area contributed by atoms with Crippen LogP contribution in [0, 0.1) is 11.6 Å². The van der Waals surface area contributed by atoms with E-state index in [1.54, 1.807) is 0 Å². The topological polar surface area (TPSA) is 85.2 Å². The predicted molar refractivity (Wildman–Crippen MR) is 91.0 cm³/mol. The third-order valence-electron chi connectivity index (χ3n) is 3.47. The number of ether oxygens (including phenoxy) is 1. The number of benzene rings is 2. The fourth-order valence-electron chi connectivity index (χ4n) is 2.18. The number of hydrazine groups is 1. The fourth-order valence-corrected chi connectivity index (χ4v) is 2.18. The Hall–Kier alpha value is -3.75. The first-order chi connectivity index (χ1) is 13.0. The summed E-state index contributed by atoms with van der Waals surface area (Å²) in [6.07, 6.45) is 2.70. The quantitative estimate of drug-likeness (QED) is 0.671. The zero-order chi connectivity index (χ0) is 19.2. The van der Waals surface area contributed by atoms with Crippen molar-refractivity contribution in [1.82, 2.24) is 20.4 Å². The van der Waals surface area contributed by atoms with Crippen LogP contribution >= 0.6 is 0 Å². The molecule has 7 nitrogen and oxygen atoms in total. The maximum atomic E-state index is 13.0. The number of aromatic nitrogens is 2. The molecule has 0 saturated carbocycles. The molecular formula is C18H14F2N4O3. The van der Waals surface area contributed by atoms with Gasteiger partial charge in [-0.1, -0.05) is 0 Å². The van der Waals surface area contributed by atoms with Gasteiger partial charge in [0, 0.05) is 5.69 Å². The van der Waals surface area contributed by atoms with Crippen LogP contribution < -0.4 is 15.6 Å². The monoisotopic (exact) mass is 372 g/mol. The average molecular weight is 372 g/mol. The molecule has 2 N–H and O–H groups in total. The number of rotatable bonds is 5. The smallest absolute Gasteiger partial charge is 0.288 e. The summed E-state index contributed by atoms with van der Waals surface area (Å²) in [7, 11) is 0. The average Bonchev–Trinajstić information content (AvgIpc) is 3.16. The van der Waals surface area contributed by atoms with Crippen LogP contribution in [-0.2, 0) is 4.79 Å². The third-order valence-corrected chi connectivity index (χ3v) is 3.47. The molecule has 0 bridgehead atoms. The van der Waals surface area contributed by atoms with Crippen LogP contribution in [0.1, 0.15) is 10.5 Å². The molecule has 27 heavy (non-hydrogen) atoms. The standard InChI is InChI=1S/C18H14F2N4O3/c19-12-1-5-14(6-2-12)24-11-21-9-16(24)18(26)23-22-17(25)10-27-15-7-3-13(20)4-8-15/h1-9,11H,10H2,(H,22,25)(H,23,26). The molecule has 0 atom stereocenters. The van der Waals surface area contributed by atoms with Gasteiger partial charge in [0.1, 0.15) is 23.1 Å². The van der Waals surface area contributed by atoms with Gasteiger partial charge in [-0.3, -0.25) is 25.0 Å². The second-order valence-corrected chi connectivity index (χ2v) is 5.37. The Kier molecular flexibility index (Phi) is 5.41. The molecule has 0 spiro atoms. The maximum Gasteiger partial charge on any atom is 0.288 e. The molecule has 0 fully saturated rings. The van der Waals surface area contributed by atoms with Gasteiger partial charge in [0.25, 0.3) is 11.8 Å². The van der Waals surface area contributed by atoms with Crippen molar-refractivity contribution >= 4 is 11.8 Å². The van der Waals surface area contributed by atoms with Crippen LogP contribution in [-0.4, -0.2) is 28.0 Å². The first-order valence-corrected chi connectivity index (χ1v) is 7.79. The predicted octanol–water partition coefficient (Wildman–Crippen LogP) is 1.99. The van der Waals surface area contributed by atoms with Crippen molar-refractivity contribution in [3.8, 4) is 11.4 Å². The molecule has 0 radical (unpaired) electrons. The lowest BCUT2D eigenvalue weighted by atomic mass is 10.3. The number of nitrogens with zero attached hydrogens (tertiary/aromatic N) is 2. The van der Waals surface area contributed by atoms with Gasteiger partial charge in [-0.2, -0.15) is 0 Å². The Morgan fingerprint density at radius 2 is 1.59 bits per heavy atom. The highest BCUT2D eigenvalue weighted by Gasteiger charge is 2.14. The van der Waals surface area contributed by atoms with Crippen molar-refractivity contribution in [2.24, 2.45) is 0 Å². The molecule has 0 saturated heterocycles. The number of carbonyl (C=O) groups excluding carboxylic acids is 2. The molecule has 3 rings (SSSR count).